The molecule has 0 aromatic heterocycles. The first-order chi connectivity index (χ1) is 14.1. The molecule has 6 nitrogen and oxygen atoms in total. The van der Waals surface area contributed by atoms with Crippen molar-refractivity contribution in [1.82, 2.24) is 5.32 Å². The number of nitrogens with one attached hydrogen (secondary N) is 1. The van der Waals surface area contributed by atoms with Crippen molar-refractivity contribution in [3.05, 3.63) is 66.2 Å². The van der Waals surface area contributed by atoms with E-state index in [0.717, 1.165) is 17.5 Å². The number of aliphatic hydroxyl groups is 1. The van der Waals surface area contributed by atoms with Gasteiger partial charge >= 0.3 is 0 Å². The van der Waals surface area contributed by atoms with Crippen molar-refractivity contribution in [3.63, 3.8) is 0 Å². The maximum Gasteiger partial charge on any atom is 0.176 e. The van der Waals surface area contributed by atoms with Gasteiger partial charge in [-0.3, -0.25) is 5.32 Å². The Kier molecular flexibility index (Phi) is 9.50. The second kappa shape index (κ2) is 12.1. The summed E-state index contributed by atoms with van der Waals surface area (Å²) in [6.45, 7) is 6.95. The molecule has 2 rings (SSSR count). The van der Waals surface area contributed by atoms with Gasteiger partial charge in [-0.2, -0.15) is 0 Å². The number of benzene rings is 2. The minimum Gasteiger partial charge on any atom is -0.493 e. The Balaban J connectivity index is 1.92. The lowest BCUT2D eigenvalue weighted by Crippen LogP contribution is -2.43. The molecule has 2 atom stereocenters. The van der Waals surface area contributed by atoms with Gasteiger partial charge < -0.3 is 24.1 Å². The quantitative estimate of drug-likeness (QED) is 0.305. The lowest BCUT2D eigenvalue weighted by molar-refractivity contribution is 0.0272. The van der Waals surface area contributed by atoms with Gasteiger partial charge in [-0.25, -0.2) is 0 Å². The summed E-state index contributed by atoms with van der Waals surface area (Å²) < 4.78 is 22.0. The second-order valence-corrected chi connectivity index (χ2v) is 6.62. The summed E-state index contributed by atoms with van der Waals surface area (Å²) in [5.41, 5.74) is 2.10. The zero-order valence-corrected chi connectivity index (χ0v) is 17.4. The standard InChI is InChI=1S/C23H31NO5/c1-5-13-28-16-19-7-6-8-20(14-19)29-23(17(2)25)24-12-11-18-9-10-21(26-3)22(15-18)27-4/h5-10,14-15,17,23-25H,1,11-13,16H2,2-4H3. The molecule has 2 aromatic rings. The first kappa shape index (κ1) is 22.7. The number of ether oxygens (including phenoxy) is 4. The largest absolute Gasteiger partial charge is 0.493 e. The molecule has 0 saturated carbocycles. The molecule has 0 saturated heterocycles. The van der Waals surface area contributed by atoms with E-state index in [0.29, 0.717) is 37.0 Å². The number of rotatable bonds is 13. The Morgan fingerprint density at radius 2 is 1.86 bits per heavy atom. The van der Waals surface area contributed by atoms with Gasteiger partial charge in [0, 0.05) is 6.54 Å². The fraction of sp³-hybridized carbons (Fsp3) is 0.391. The summed E-state index contributed by atoms with van der Waals surface area (Å²) >= 11 is 0. The molecule has 0 aliphatic rings. The topological polar surface area (TPSA) is 69.2 Å². The highest BCUT2D eigenvalue weighted by atomic mass is 16.5. The molecule has 0 aliphatic carbocycles. The molecule has 6 heteroatoms. The molecular weight excluding hydrogens is 370 g/mol. The van der Waals surface area contributed by atoms with Crippen LogP contribution >= 0.6 is 0 Å². The highest BCUT2D eigenvalue weighted by molar-refractivity contribution is 5.43. The molecule has 0 aliphatic heterocycles. The number of hydrogen-bond donors (Lipinski definition) is 2. The minimum absolute atomic E-state index is 0.481. The van der Waals surface area contributed by atoms with Crippen LogP contribution in [0.25, 0.3) is 0 Å². The highest BCUT2D eigenvalue weighted by Gasteiger charge is 2.16. The van der Waals surface area contributed by atoms with Crippen molar-refractivity contribution in [2.75, 3.05) is 27.4 Å². The first-order valence-corrected chi connectivity index (χ1v) is 9.64. The van der Waals surface area contributed by atoms with Crippen molar-refractivity contribution < 1.29 is 24.1 Å². The SMILES string of the molecule is C=CCOCc1cccc(OC(NCCc2ccc(OC)c(OC)c2)C(C)O)c1. The Morgan fingerprint density at radius 3 is 2.55 bits per heavy atom. The van der Waals surface area contributed by atoms with Crippen molar-refractivity contribution in [2.45, 2.75) is 32.3 Å². The predicted octanol–water partition coefficient (Wildman–Crippen LogP) is 3.32. The van der Waals surface area contributed by atoms with E-state index in [2.05, 4.69) is 11.9 Å². The Labute approximate surface area is 173 Å². The van der Waals surface area contributed by atoms with Crippen molar-refractivity contribution >= 4 is 0 Å². The third-order valence-electron chi connectivity index (χ3n) is 4.31. The Hall–Kier alpha value is -2.54. The zero-order valence-electron chi connectivity index (χ0n) is 17.4. The molecule has 2 N–H and O–H groups in total. The maximum atomic E-state index is 10.1. The third kappa shape index (κ3) is 7.42. The third-order valence-corrected chi connectivity index (χ3v) is 4.31. The Bertz CT molecular complexity index is 763. The van der Waals surface area contributed by atoms with Crippen LogP contribution in [0.15, 0.2) is 55.1 Å². The molecule has 2 unspecified atom stereocenters. The van der Waals surface area contributed by atoms with Crippen LogP contribution in [0.2, 0.25) is 0 Å². The first-order valence-electron chi connectivity index (χ1n) is 9.64. The number of methoxy groups -OCH3 is 2. The summed E-state index contributed by atoms with van der Waals surface area (Å²) in [6, 6.07) is 13.5. The lowest BCUT2D eigenvalue weighted by atomic mass is 10.1. The molecular formula is C23H31NO5. The highest BCUT2D eigenvalue weighted by Crippen LogP contribution is 2.27. The van der Waals surface area contributed by atoms with Gasteiger partial charge in [-0.1, -0.05) is 24.3 Å². The van der Waals surface area contributed by atoms with Crippen LogP contribution in [0.4, 0.5) is 0 Å². The van der Waals surface area contributed by atoms with Crippen LogP contribution in [0, 0.1) is 0 Å². The fourth-order valence-electron chi connectivity index (χ4n) is 2.82. The van der Waals surface area contributed by atoms with E-state index in [4.69, 9.17) is 18.9 Å². The van der Waals surface area contributed by atoms with Crippen molar-refractivity contribution in [2.24, 2.45) is 0 Å². The van der Waals surface area contributed by atoms with Gasteiger partial charge in [-0.05, 0) is 48.7 Å². The van der Waals surface area contributed by atoms with Gasteiger partial charge in [0.2, 0.25) is 0 Å². The number of aliphatic hydroxyl groups excluding tert-OH is 1. The molecule has 0 radical (unpaired) electrons. The lowest BCUT2D eigenvalue weighted by Gasteiger charge is -2.23. The average Bonchev–Trinajstić information content (AvgIpc) is 2.73. The van der Waals surface area contributed by atoms with Gasteiger partial charge in [0.05, 0.1) is 27.4 Å². The van der Waals surface area contributed by atoms with Crippen molar-refractivity contribution in [1.29, 1.82) is 0 Å². The van der Waals surface area contributed by atoms with Crippen LogP contribution in [0.3, 0.4) is 0 Å². The smallest absolute Gasteiger partial charge is 0.176 e. The van der Waals surface area contributed by atoms with Crippen LogP contribution < -0.4 is 19.5 Å². The molecule has 2 aromatic carbocycles. The average molecular weight is 402 g/mol. The second-order valence-electron chi connectivity index (χ2n) is 6.62. The summed E-state index contributed by atoms with van der Waals surface area (Å²) in [4.78, 5) is 0. The maximum absolute atomic E-state index is 10.1. The minimum atomic E-state index is -0.680. The van der Waals surface area contributed by atoms with E-state index in [-0.39, 0.29) is 0 Å². The van der Waals surface area contributed by atoms with Gasteiger partial charge in [0.1, 0.15) is 11.9 Å². The van der Waals surface area contributed by atoms with E-state index >= 15 is 0 Å². The van der Waals surface area contributed by atoms with E-state index in [9.17, 15) is 5.11 Å². The number of hydrogen-bond acceptors (Lipinski definition) is 6. The van der Waals surface area contributed by atoms with E-state index in [1.807, 2.05) is 42.5 Å². The van der Waals surface area contributed by atoms with Gasteiger partial charge in [0.15, 0.2) is 17.7 Å². The van der Waals surface area contributed by atoms with E-state index in [1.165, 1.54) is 0 Å². The Morgan fingerprint density at radius 1 is 1.07 bits per heavy atom. The van der Waals surface area contributed by atoms with Crippen LogP contribution in [0.5, 0.6) is 17.2 Å². The van der Waals surface area contributed by atoms with Crippen LogP contribution in [0.1, 0.15) is 18.1 Å². The van der Waals surface area contributed by atoms with Gasteiger partial charge in [-0.15, -0.1) is 6.58 Å². The monoisotopic (exact) mass is 401 g/mol. The molecule has 29 heavy (non-hydrogen) atoms. The zero-order chi connectivity index (χ0) is 21.1. The normalized spacial score (nSPS) is 12.8. The predicted molar refractivity (Wildman–Crippen MR) is 114 cm³/mol. The fourth-order valence-corrected chi connectivity index (χ4v) is 2.82. The van der Waals surface area contributed by atoms with Gasteiger partial charge in [0.25, 0.3) is 0 Å². The van der Waals surface area contributed by atoms with E-state index in [1.54, 1.807) is 27.2 Å². The van der Waals surface area contributed by atoms with E-state index < -0.39 is 12.3 Å². The molecule has 158 valence electrons. The summed E-state index contributed by atoms with van der Waals surface area (Å²) in [5.74, 6) is 2.07. The van der Waals surface area contributed by atoms with Crippen LogP contribution in [-0.2, 0) is 17.8 Å². The van der Waals surface area contributed by atoms with Crippen molar-refractivity contribution in [3.8, 4) is 17.2 Å². The van der Waals surface area contributed by atoms with Crippen LogP contribution in [-0.4, -0.2) is 44.8 Å². The summed E-state index contributed by atoms with van der Waals surface area (Å²) in [6.07, 6.45) is 1.26. The molecule has 0 spiro atoms. The molecule has 0 amide bonds. The summed E-state index contributed by atoms with van der Waals surface area (Å²) in [5, 5.41) is 13.4. The molecule has 0 fully saturated rings. The summed E-state index contributed by atoms with van der Waals surface area (Å²) in [7, 11) is 3.23. The molecule has 0 heterocycles. The molecule has 0 bridgehead atoms.